The van der Waals surface area contributed by atoms with Crippen LogP contribution in [0.2, 0.25) is 0 Å². The number of aromatic nitrogens is 4. The second-order valence-corrected chi connectivity index (χ2v) is 8.59. The van der Waals surface area contributed by atoms with Gasteiger partial charge in [0.15, 0.2) is 0 Å². The van der Waals surface area contributed by atoms with E-state index in [9.17, 15) is 9.59 Å². The maximum atomic E-state index is 12.5. The molecule has 1 heterocycles. The minimum absolute atomic E-state index is 0.111. The summed E-state index contributed by atoms with van der Waals surface area (Å²) in [6.45, 7) is 0.925. The van der Waals surface area contributed by atoms with Crippen molar-refractivity contribution in [2.24, 2.45) is 0 Å². The first-order valence-corrected chi connectivity index (χ1v) is 11.8. The Morgan fingerprint density at radius 3 is 2.26 bits per heavy atom. The van der Waals surface area contributed by atoms with Gasteiger partial charge < -0.3 is 10.6 Å². The van der Waals surface area contributed by atoms with Crippen LogP contribution in [0.5, 0.6) is 0 Å². The molecular formula is C26H26N6O2S. The molecule has 3 N–H and O–H groups in total. The van der Waals surface area contributed by atoms with Gasteiger partial charge >= 0.3 is 0 Å². The van der Waals surface area contributed by atoms with E-state index in [2.05, 4.69) is 43.9 Å². The van der Waals surface area contributed by atoms with Crippen LogP contribution in [0.3, 0.4) is 0 Å². The molecule has 178 valence electrons. The number of nitrogens with zero attached hydrogens (tertiary/aromatic N) is 3. The second-order valence-electron chi connectivity index (χ2n) is 7.96. The van der Waals surface area contributed by atoms with Gasteiger partial charge in [0, 0.05) is 24.2 Å². The van der Waals surface area contributed by atoms with Crippen LogP contribution in [0, 0.1) is 0 Å². The Hall–Kier alpha value is -3.98. The monoisotopic (exact) mass is 486 g/mol. The highest BCUT2D eigenvalue weighted by molar-refractivity contribution is 7.81. The van der Waals surface area contributed by atoms with Crippen molar-refractivity contribution in [3.05, 3.63) is 90.0 Å². The third-order valence-electron chi connectivity index (χ3n) is 5.48. The van der Waals surface area contributed by atoms with Crippen LogP contribution >= 0.6 is 12.6 Å². The molecule has 2 amide bonds. The minimum atomic E-state index is -0.407. The summed E-state index contributed by atoms with van der Waals surface area (Å²) in [5.41, 5.74) is 4.38. The van der Waals surface area contributed by atoms with E-state index in [0.717, 1.165) is 22.3 Å². The highest BCUT2D eigenvalue weighted by Gasteiger charge is 2.14. The van der Waals surface area contributed by atoms with Crippen molar-refractivity contribution >= 4 is 24.4 Å². The lowest BCUT2D eigenvalue weighted by Gasteiger charge is -2.12. The predicted octanol–water partition coefficient (Wildman–Crippen LogP) is 3.31. The van der Waals surface area contributed by atoms with Gasteiger partial charge in [0.25, 0.3) is 5.91 Å². The molecule has 1 aromatic heterocycles. The smallest absolute Gasteiger partial charge is 0.251 e. The molecule has 8 nitrogen and oxygen atoms in total. The van der Waals surface area contributed by atoms with Crippen LogP contribution in [0.4, 0.5) is 0 Å². The van der Waals surface area contributed by atoms with E-state index in [1.54, 1.807) is 12.1 Å². The lowest BCUT2D eigenvalue weighted by Crippen LogP contribution is -2.35. The zero-order chi connectivity index (χ0) is 24.5. The summed E-state index contributed by atoms with van der Waals surface area (Å²) in [5, 5.41) is 19.6. The van der Waals surface area contributed by atoms with Gasteiger partial charge in [-0.3, -0.25) is 9.59 Å². The average Bonchev–Trinajstić information content (AvgIpc) is 3.44. The van der Waals surface area contributed by atoms with Crippen LogP contribution in [0.15, 0.2) is 78.9 Å². The van der Waals surface area contributed by atoms with Crippen molar-refractivity contribution in [3.8, 4) is 22.5 Å². The molecule has 0 aliphatic carbocycles. The van der Waals surface area contributed by atoms with Crippen molar-refractivity contribution in [2.75, 3.05) is 13.1 Å². The van der Waals surface area contributed by atoms with Gasteiger partial charge in [-0.15, -0.1) is 10.2 Å². The van der Waals surface area contributed by atoms with Gasteiger partial charge in [-0.2, -0.15) is 17.8 Å². The zero-order valence-corrected chi connectivity index (χ0v) is 19.9. The van der Waals surface area contributed by atoms with E-state index in [1.165, 1.54) is 0 Å². The first-order valence-electron chi connectivity index (χ1n) is 11.3. The molecule has 0 spiro atoms. The molecule has 35 heavy (non-hydrogen) atoms. The van der Waals surface area contributed by atoms with Gasteiger partial charge in [-0.05, 0) is 46.9 Å². The van der Waals surface area contributed by atoms with Crippen molar-refractivity contribution in [3.63, 3.8) is 0 Å². The normalized spacial score (nSPS) is 11.6. The maximum Gasteiger partial charge on any atom is 0.251 e. The molecule has 0 aliphatic heterocycles. The summed E-state index contributed by atoms with van der Waals surface area (Å²) in [6.07, 6.45) is 1.20. The van der Waals surface area contributed by atoms with Crippen LogP contribution in [0.25, 0.3) is 22.5 Å². The van der Waals surface area contributed by atoms with Gasteiger partial charge in [-0.1, -0.05) is 66.7 Å². The predicted molar refractivity (Wildman–Crippen MR) is 138 cm³/mol. The molecule has 1 atom stereocenters. The van der Waals surface area contributed by atoms with Gasteiger partial charge in [-0.25, -0.2) is 0 Å². The summed E-state index contributed by atoms with van der Waals surface area (Å²) in [6, 6.07) is 24.9. The van der Waals surface area contributed by atoms with Crippen molar-refractivity contribution in [1.29, 1.82) is 0 Å². The topological polar surface area (TPSA) is 113 Å². The molecule has 0 radical (unpaired) electrons. The quantitative estimate of drug-likeness (QED) is 0.203. The molecule has 0 saturated carbocycles. The molecule has 4 aromatic rings. The van der Waals surface area contributed by atoms with E-state index >= 15 is 0 Å². The molecule has 3 aromatic carbocycles. The molecule has 0 aliphatic rings. The van der Waals surface area contributed by atoms with Crippen LogP contribution in [-0.2, 0) is 11.2 Å². The second kappa shape index (κ2) is 11.9. The van der Waals surface area contributed by atoms with Crippen LogP contribution in [-0.4, -0.2) is 50.8 Å². The summed E-state index contributed by atoms with van der Waals surface area (Å²) in [5.74, 6) is 0.240. The fraction of sp³-hybridized carbons (Fsp3) is 0.192. The number of hydrogen-bond donors (Lipinski definition) is 4. The molecule has 0 unspecified atom stereocenters. The van der Waals surface area contributed by atoms with E-state index in [-0.39, 0.29) is 11.8 Å². The van der Waals surface area contributed by atoms with Crippen LogP contribution in [0.1, 0.15) is 22.3 Å². The number of tetrazole rings is 1. The van der Waals surface area contributed by atoms with Gasteiger partial charge in [0.05, 0.1) is 5.25 Å². The van der Waals surface area contributed by atoms with Crippen molar-refractivity contribution in [1.82, 2.24) is 31.3 Å². The largest absolute Gasteiger partial charge is 0.355 e. The van der Waals surface area contributed by atoms with Crippen molar-refractivity contribution < 1.29 is 9.59 Å². The number of carbonyl (C=O) groups excluding carboxylic acids is 2. The summed E-state index contributed by atoms with van der Waals surface area (Å²) < 4.78 is 0. The van der Waals surface area contributed by atoms with Gasteiger partial charge in [0.2, 0.25) is 11.7 Å². The number of rotatable bonds is 10. The number of amides is 2. The van der Waals surface area contributed by atoms with E-state index in [0.29, 0.717) is 37.3 Å². The number of benzene rings is 3. The van der Waals surface area contributed by atoms with Crippen LogP contribution < -0.4 is 10.6 Å². The number of nitrogens with one attached hydrogen (secondary N) is 3. The Labute approximate surface area is 209 Å². The number of H-pyrrole nitrogens is 1. The molecule has 0 saturated heterocycles. The minimum Gasteiger partial charge on any atom is -0.355 e. The highest BCUT2D eigenvalue weighted by atomic mass is 32.1. The average molecular weight is 487 g/mol. The standard InChI is InChI=1S/C26H26N6O2S/c33-25(27-15-6-16-28-26(34)23(35)17-18-7-2-1-3-8-18)20-13-11-19(12-14-20)21-9-4-5-10-22(21)24-29-31-32-30-24/h1-5,7-14,23,35H,6,15-17H2,(H,27,33)(H,28,34)(H,29,30,31,32)/t23-/m0/s1. The Bertz CT molecular complexity index is 1250. The number of aromatic amines is 1. The van der Waals surface area contributed by atoms with Gasteiger partial charge in [0.1, 0.15) is 0 Å². The molecule has 4 rings (SSSR count). The molecule has 9 heteroatoms. The Morgan fingerprint density at radius 1 is 0.857 bits per heavy atom. The SMILES string of the molecule is O=C(NCCCNC(=O)[C@@H](S)Cc1ccccc1)c1ccc(-c2ccccc2-c2nn[nH]n2)cc1. The molecule has 0 fully saturated rings. The molecular weight excluding hydrogens is 460 g/mol. The van der Waals surface area contributed by atoms with E-state index in [4.69, 9.17) is 0 Å². The number of thiol groups is 1. The van der Waals surface area contributed by atoms with Crippen molar-refractivity contribution in [2.45, 2.75) is 18.1 Å². The lowest BCUT2D eigenvalue weighted by molar-refractivity contribution is -0.120. The third-order valence-corrected chi connectivity index (χ3v) is 5.90. The fourth-order valence-corrected chi connectivity index (χ4v) is 3.96. The first-order chi connectivity index (χ1) is 17.1. The Morgan fingerprint density at radius 2 is 1.54 bits per heavy atom. The molecule has 0 bridgehead atoms. The fourth-order valence-electron chi connectivity index (χ4n) is 3.66. The zero-order valence-electron chi connectivity index (χ0n) is 19.0. The number of hydrogen-bond acceptors (Lipinski definition) is 6. The van der Waals surface area contributed by atoms with E-state index in [1.807, 2.05) is 66.7 Å². The third kappa shape index (κ3) is 6.54. The maximum absolute atomic E-state index is 12.5. The lowest BCUT2D eigenvalue weighted by atomic mass is 9.98. The highest BCUT2D eigenvalue weighted by Crippen LogP contribution is 2.29. The summed E-state index contributed by atoms with van der Waals surface area (Å²) in [4.78, 5) is 24.7. The van der Waals surface area contributed by atoms with E-state index < -0.39 is 5.25 Å². The Kier molecular flexibility index (Phi) is 8.24. The Balaban J connectivity index is 1.23. The summed E-state index contributed by atoms with van der Waals surface area (Å²) >= 11 is 4.41. The summed E-state index contributed by atoms with van der Waals surface area (Å²) in [7, 11) is 0. The first kappa shape index (κ1) is 24.2. The number of carbonyl (C=O) groups is 2.